The van der Waals surface area contributed by atoms with E-state index in [4.69, 9.17) is 4.74 Å². The number of hydrogen-bond donors (Lipinski definition) is 3. The molecule has 0 unspecified atom stereocenters. The van der Waals surface area contributed by atoms with E-state index in [0.717, 1.165) is 32.1 Å². The zero-order valence-corrected chi connectivity index (χ0v) is 17.8. The largest absolute Gasteiger partial charge is 0.493 e. The van der Waals surface area contributed by atoms with Crippen molar-refractivity contribution < 1.29 is 19.1 Å². The summed E-state index contributed by atoms with van der Waals surface area (Å²) < 4.78 is 5.58. The molecule has 0 spiro atoms. The van der Waals surface area contributed by atoms with Crippen molar-refractivity contribution in [3.63, 3.8) is 0 Å². The first-order valence-corrected chi connectivity index (χ1v) is 10.8. The van der Waals surface area contributed by atoms with Crippen LogP contribution in [0.1, 0.15) is 66.2 Å². The molecule has 0 aliphatic heterocycles. The first-order chi connectivity index (χ1) is 15.1. The molecule has 0 bridgehead atoms. The zero-order valence-electron chi connectivity index (χ0n) is 17.8. The Morgan fingerprint density at radius 2 is 1.58 bits per heavy atom. The van der Waals surface area contributed by atoms with Crippen LogP contribution < -0.4 is 20.9 Å². The topological polar surface area (TPSA) is 96.5 Å². The Morgan fingerprint density at radius 1 is 0.903 bits per heavy atom. The second kappa shape index (κ2) is 11.2. The van der Waals surface area contributed by atoms with Crippen LogP contribution >= 0.6 is 0 Å². The van der Waals surface area contributed by atoms with Crippen molar-refractivity contribution in [3.8, 4) is 5.75 Å². The first kappa shape index (κ1) is 22.3. The Balaban J connectivity index is 1.53. The second-order valence-corrected chi connectivity index (χ2v) is 7.65. The van der Waals surface area contributed by atoms with Crippen molar-refractivity contribution >= 4 is 23.4 Å². The molecule has 164 valence electrons. The second-order valence-electron chi connectivity index (χ2n) is 7.65. The lowest BCUT2D eigenvalue weighted by Crippen LogP contribution is -2.41. The van der Waals surface area contributed by atoms with Gasteiger partial charge in [-0.25, -0.2) is 0 Å². The third-order valence-corrected chi connectivity index (χ3v) is 5.27. The maximum absolute atomic E-state index is 12.4. The lowest BCUT2D eigenvalue weighted by Gasteiger charge is -2.20. The average Bonchev–Trinajstić information content (AvgIpc) is 2.82. The standard InChI is InChI=1S/C24H29N3O4/c1-2-16-31-21-11-7-6-10-20(21)24(30)27-26-23(29)18-12-14-19(15-13-18)25-22(28)17-8-4-3-5-9-17/h6-7,10-15,17H,2-5,8-9,16H2,1H3,(H,25,28)(H,26,29)(H,27,30). The van der Waals surface area contributed by atoms with Gasteiger partial charge in [0.1, 0.15) is 5.75 Å². The Hall–Kier alpha value is -3.35. The summed E-state index contributed by atoms with van der Waals surface area (Å²) in [6.07, 6.45) is 6.07. The van der Waals surface area contributed by atoms with Gasteiger partial charge < -0.3 is 10.1 Å². The summed E-state index contributed by atoms with van der Waals surface area (Å²) in [5.74, 6) is -0.347. The molecule has 0 aromatic heterocycles. The molecule has 0 radical (unpaired) electrons. The Kier molecular flexibility index (Phi) is 8.04. The van der Waals surface area contributed by atoms with Crippen LogP contribution in [-0.4, -0.2) is 24.3 Å². The van der Waals surface area contributed by atoms with E-state index in [0.29, 0.717) is 29.2 Å². The molecule has 2 aromatic carbocycles. The maximum atomic E-state index is 12.4. The van der Waals surface area contributed by atoms with E-state index in [1.54, 1.807) is 48.5 Å². The number of carbonyl (C=O) groups is 3. The molecule has 1 saturated carbocycles. The van der Waals surface area contributed by atoms with Gasteiger partial charge in [-0.2, -0.15) is 0 Å². The number of anilines is 1. The average molecular weight is 424 g/mol. The number of hydrazine groups is 1. The van der Waals surface area contributed by atoms with Crippen LogP contribution in [0.25, 0.3) is 0 Å². The van der Waals surface area contributed by atoms with Gasteiger partial charge in [0.05, 0.1) is 12.2 Å². The number of benzene rings is 2. The van der Waals surface area contributed by atoms with Gasteiger partial charge in [-0.15, -0.1) is 0 Å². The molecule has 2 aromatic rings. The molecule has 3 rings (SSSR count). The van der Waals surface area contributed by atoms with E-state index >= 15 is 0 Å². The fourth-order valence-corrected chi connectivity index (χ4v) is 3.56. The monoisotopic (exact) mass is 423 g/mol. The van der Waals surface area contributed by atoms with Gasteiger partial charge in [0.15, 0.2) is 0 Å². The fourth-order valence-electron chi connectivity index (χ4n) is 3.56. The van der Waals surface area contributed by atoms with Crippen LogP contribution in [0.15, 0.2) is 48.5 Å². The van der Waals surface area contributed by atoms with Crippen LogP contribution in [0.4, 0.5) is 5.69 Å². The number of amides is 3. The van der Waals surface area contributed by atoms with E-state index in [1.807, 2.05) is 6.92 Å². The third-order valence-electron chi connectivity index (χ3n) is 5.27. The van der Waals surface area contributed by atoms with E-state index in [2.05, 4.69) is 16.2 Å². The Labute approximate surface area is 182 Å². The fraction of sp³-hybridized carbons (Fsp3) is 0.375. The lowest BCUT2D eigenvalue weighted by atomic mass is 9.88. The minimum Gasteiger partial charge on any atom is -0.493 e. The summed E-state index contributed by atoms with van der Waals surface area (Å²) in [4.78, 5) is 37.2. The SMILES string of the molecule is CCCOc1ccccc1C(=O)NNC(=O)c1ccc(NC(=O)C2CCCCC2)cc1. The highest BCUT2D eigenvalue weighted by molar-refractivity contribution is 6.00. The molecule has 0 atom stereocenters. The Bertz CT molecular complexity index is 905. The summed E-state index contributed by atoms with van der Waals surface area (Å²) >= 11 is 0. The zero-order chi connectivity index (χ0) is 22.1. The summed E-state index contributed by atoms with van der Waals surface area (Å²) in [5.41, 5.74) is 6.19. The number of nitrogens with one attached hydrogen (secondary N) is 3. The van der Waals surface area contributed by atoms with Gasteiger partial charge in [-0.3, -0.25) is 25.2 Å². The van der Waals surface area contributed by atoms with E-state index < -0.39 is 11.8 Å². The molecule has 31 heavy (non-hydrogen) atoms. The van der Waals surface area contributed by atoms with Gasteiger partial charge in [-0.1, -0.05) is 38.3 Å². The smallest absolute Gasteiger partial charge is 0.273 e. The highest BCUT2D eigenvalue weighted by atomic mass is 16.5. The van der Waals surface area contributed by atoms with Gasteiger partial charge in [-0.05, 0) is 55.7 Å². The molecule has 3 amide bonds. The van der Waals surface area contributed by atoms with Gasteiger partial charge in [0.2, 0.25) is 5.91 Å². The van der Waals surface area contributed by atoms with Crippen LogP contribution in [-0.2, 0) is 4.79 Å². The molecule has 1 aliphatic rings. The van der Waals surface area contributed by atoms with E-state index in [1.165, 1.54) is 6.42 Å². The molecule has 0 saturated heterocycles. The number of para-hydroxylation sites is 1. The van der Waals surface area contributed by atoms with Gasteiger partial charge in [0, 0.05) is 17.2 Å². The third kappa shape index (κ3) is 6.31. The predicted molar refractivity (Wildman–Crippen MR) is 119 cm³/mol. The molecule has 0 heterocycles. The van der Waals surface area contributed by atoms with Gasteiger partial charge >= 0.3 is 0 Å². The van der Waals surface area contributed by atoms with Gasteiger partial charge in [0.25, 0.3) is 11.8 Å². The predicted octanol–water partition coefficient (Wildman–Crippen LogP) is 4.07. The maximum Gasteiger partial charge on any atom is 0.273 e. The van der Waals surface area contributed by atoms with Crippen LogP contribution in [0, 0.1) is 5.92 Å². The van der Waals surface area contributed by atoms with Crippen molar-refractivity contribution in [1.82, 2.24) is 10.9 Å². The number of carbonyl (C=O) groups excluding carboxylic acids is 3. The van der Waals surface area contributed by atoms with Crippen molar-refractivity contribution in [3.05, 3.63) is 59.7 Å². The van der Waals surface area contributed by atoms with Crippen LogP contribution in [0.2, 0.25) is 0 Å². The van der Waals surface area contributed by atoms with Crippen molar-refractivity contribution in [2.45, 2.75) is 45.4 Å². The van der Waals surface area contributed by atoms with Crippen molar-refractivity contribution in [2.75, 3.05) is 11.9 Å². The van der Waals surface area contributed by atoms with E-state index in [9.17, 15) is 14.4 Å². The lowest BCUT2D eigenvalue weighted by molar-refractivity contribution is -0.120. The molecule has 3 N–H and O–H groups in total. The van der Waals surface area contributed by atoms with E-state index in [-0.39, 0.29) is 11.8 Å². The summed E-state index contributed by atoms with van der Waals surface area (Å²) in [5, 5.41) is 2.92. The number of rotatable bonds is 7. The first-order valence-electron chi connectivity index (χ1n) is 10.8. The van der Waals surface area contributed by atoms with Crippen molar-refractivity contribution in [1.29, 1.82) is 0 Å². The minimum atomic E-state index is -0.462. The normalized spacial score (nSPS) is 13.8. The van der Waals surface area contributed by atoms with Crippen molar-refractivity contribution in [2.24, 2.45) is 5.92 Å². The summed E-state index contributed by atoms with van der Waals surface area (Å²) in [6.45, 7) is 2.48. The summed E-state index contributed by atoms with van der Waals surface area (Å²) in [6, 6.07) is 13.5. The Morgan fingerprint density at radius 3 is 2.29 bits per heavy atom. The number of hydrogen-bond acceptors (Lipinski definition) is 4. The molecule has 7 heteroatoms. The molecule has 1 aliphatic carbocycles. The molecular formula is C24H29N3O4. The number of ether oxygens (including phenoxy) is 1. The quantitative estimate of drug-likeness (QED) is 0.585. The van der Waals surface area contributed by atoms with Crippen LogP contribution in [0.3, 0.4) is 0 Å². The summed E-state index contributed by atoms with van der Waals surface area (Å²) in [7, 11) is 0. The molecular weight excluding hydrogens is 394 g/mol. The molecule has 1 fully saturated rings. The molecule has 7 nitrogen and oxygen atoms in total. The minimum absolute atomic E-state index is 0.0353. The van der Waals surface area contributed by atoms with Crippen LogP contribution in [0.5, 0.6) is 5.75 Å². The highest BCUT2D eigenvalue weighted by Gasteiger charge is 2.21. The highest BCUT2D eigenvalue weighted by Crippen LogP contribution is 2.25.